The largest absolute Gasteiger partial charge is 0.343 e. The van der Waals surface area contributed by atoms with E-state index in [-0.39, 0.29) is 0 Å². The van der Waals surface area contributed by atoms with Crippen LogP contribution in [0.5, 0.6) is 0 Å². The molecule has 1 unspecified atom stereocenters. The Kier molecular flexibility index (Phi) is 5.00. The van der Waals surface area contributed by atoms with Gasteiger partial charge in [-0.3, -0.25) is 4.90 Å². The SMILES string of the molecule is O=C1N(c2ccc(Cl)cc2)C(CC=S)NN1C(Cl)(Cl)Cl. The van der Waals surface area contributed by atoms with Crippen molar-refractivity contribution >= 4 is 75.7 Å². The molecule has 2 amide bonds. The third-order valence-electron chi connectivity index (χ3n) is 2.66. The topological polar surface area (TPSA) is 35.6 Å². The lowest BCUT2D eigenvalue weighted by Gasteiger charge is -2.23. The van der Waals surface area contributed by atoms with Crippen LogP contribution in [0.4, 0.5) is 10.5 Å². The number of nitrogens with zero attached hydrogens (tertiary/aromatic N) is 2. The van der Waals surface area contributed by atoms with Crippen LogP contribution in [0.15, 0.2) is 24.3 Å². The van der Waals surface area contributed by atoms with E-state index in [1.54, 1.807) is 24.3 Å². The second-order valence-electron chi connectivity index (χ2n) is 3.98. The van der Waals surface area contributed by atoms with Gasteiger partial charge in [-0.15, -0.1) is 0 Å². The third-order valence-corrected chi connectivity index (χ3v) is 3.62. The number of anilines is 1. The summed E-state index contributed by atoms with van der Waals surface area (Å²) in [5.74, 6) is 0. The number of benzene rings is 1. The number of halogens is 4. The summed E-state index contributed by atoms with van der Waals surface area (Å²) < 4.78 is -1.89. The second kappa shape index (κ2) is 6.22. The van der Waals surface area contributed by atoms with Crippen molar-refractivity contribution in [2.45, 2.75) is 16.5 Å². The highest BCUT2D eigenvalue weighted by atomic mass is 35.6. The number of thiocarbonyl (C=S) groups is 1. The quantitative estimate of drug-likeness (QED) is 0.492. The molecule has 0 spiro atoms. The predicted molar refractivity (Wildman–Crippen MR) is 86.7 cm³/mol. The molecule has 9 heteroatoms. The molecule has 1 aliphatic heterocycles. The van der Waals surface area contributed by atoms with Gasteiger partial charge in [0.25, 0.3) is 3.92 Å². The molecule has 1 aromatic carbocycles. The van der Waals surface area contributed by atoms with Crippen molar-refractivity contribution in [3.05, 3.63) is 29.3 Å². The predicted octanol–water partition coefficient (Wildman–Crippen LogP) is 4.13. The van der Waals surface area contributed by atoms with Crippen molar-refractivity contribution in [1.29, 1.82) is 0 Å². The molecule has 0 aliphatic carbocycles. The Bertz CT molecular complexity index is 519. The van der Waals surface area contributed by atoms with E-state index in [0.717, 1.165) is 5.01 Å². The maximum Gasteiger partial charge on any atom is 0.343 e. The Morgan fingerprint density at radius 1 is 1.30 bits per heavy atom. The van der Waals surface area contributed by atoms with Crippen molar-refractivity contribution in [2.24, 2.45) is 0 Å². The highest BCUT2D eigenvalue weighted by Crippen LogP contribution is 2.35. The van der Waals surface area contributed by atoms with E-state index in [1.807, 2.05) is 0 Å². The molecule has 0 aromatic heterocycles. The van der Waals surface area contributed by atoms with Gasteiger partial charge in [-0.1, -0.05) is 58.6 Å². The van der Waals surface area contributed by atoms with Crippen LogP contribution in [0.25, 0.3) is 0 Å². The van der Waals surface area contributed by atoms with Crippen LogP contribution >= 0.6 is 58.6 Å². The zero-order valence-electron chi connectivity index (χ0n) is 9.89. The van der Waals surface area contributed by atoms with Crippen molar-refractivity contribution in [1.82, 2.24) is 10.4 Å². The number of amides is 2. The molecule has 20 heavy (non-hydrogen) atoms. The zero-order chi connectivity index (χ0) is 14.9. The summed E-state index contributed by atoms with van der Waals surface area (Å²) >= 11 is 28.0. The lowest BCUT2D eigenvalue weighted by atomic mass is 10.2. The van der Waals surface area contributed by atoms with Crippen LogP contribution in [-0.4, -0.2) is 26.5 Å². The second-order valence-corrected chi connectivity index (χ2v) is 6.97. The van der Waals surface area contributed by atoms with E-state index >= 15 is 0 Å². The normalized spacial score (nSPS) is 19.6. The van der Waals surface area contributed by atoms with Crippen molar-refractivity contribution in [3.8, 4) is 0 Å². The Labute approximate surface area is 141 Å². The summed E-state index contributed by atoms with van der Waals surface area (Å²) in [6.07, 6.45) is -0.00202. The summed E-state index contributed by atoms with van der Waals surface area (Å²) in [6.45, 7) is 0. The standard InChI is InChI=1S/C11H9Cl4N3OS/c12-7-1-3-8(4-2-7)17-9(5-6-20)16-18(10(17)19)11(13,14)15/h1-4,6,9,16H,5H2. The molecular weight excluding hydrogens is 364 g/mol. The number of nitrogens with one attached hydrogen (secondary N) is 1. The Balaban J connectivity index is 2.35. The van der Waals surface area contributed by atoms with Gasteiger partial charge in [0, 0.05) is 17.1 Å². The van der Waals surface area contributed by atoms with E-state index in [0.29, 0.717) is 17.1 Å². The van der Waals surface area contributed by atoms with Gasteiger partial charge >= 0.3 is 6.03 Å². The number of hydrogen-bond donors (Lipinski definition) is 1. The number of carbonyl (C=O) groups is 1. The number of carbonyl (C=O) groups excluding carboxylic acids is 1. The first-order chi connectivity index (χ1) is 9.34. The maximum absolute atomic E-state index is 12.4. The molecule has 4 nitrogen and oxygen atoms in total. The first-order valence-electron chi connectivity index (χ1n) is 5.50. The number of urea groups is 1. The average Bonchev–Trinajstić information content (AvgIpc) is 2.68. The Morgan fingerprint density at radius 3 is 2.40 bits per heavy atom. The van der Waals surface area contributed by atoms with Gasteiger partial charge < -0.3 is 0 Å². The molecule has 0 saturated carbocycles. The fourth-order valence-electron chi connectivity index (χ4n) is 1.83. The molecule has 0 bridgehead atoms. The molecule has 1 aliphatic rings. The first-order valence-corrected chi connectivity index (χ1v) is 7.48. The fraction of sp³-hybridized carbons (Fsp3) is 0.273. The minimum Gasteiger partial charge on any atom is -0.275 e. The first kappa shape index (κ1) is 16.1. The molecular formula is C11H9Cl4N3OS. The van der Waals surface area contributed by atoms with E-state index in [9.17, 15) is 4.79 Å². The summed E-state index contributed by atoms with van der Waals surface area (Å²) in [6, 6.07) is 6.29. The van der Waals surface area contributed by atoms with Crippen molar-refractivity contribution in [3.63, 3.8) is 0 Å². The third kappa shape index (κ3) is 3.30. The van der Waals surface area contributed by atoms with Crippen molar-refractivity contribution in [2.75, 3.05) is 4.90 Å². The summed E-state index contributed by atoms with van der Waals surface area (Å²) in [7, 11) is 0. The van der Waals surface area contributed by atoms with E-state index in [1.165, 1.54) is 10.3 Å². The number of hydrazine groups is 1. The highest BCUT2D eigenvalue weighted by Gasteiger charge is 2.46. The van der Waals surface area contributed by atoms with Crippen LogP contribution < -0.4 is 10.3 Å². The zero-order valence-corrected chi connectivity index (χ0v) is 13.7. The van der Waals surface area contributed by atoms with E-state index in [2.05, 4.69) is 5.43 Å². The number of hydrogen-bond acceptors (Lipinski definition) is 3. The summed E-state index contributed by atoms with van der Waals surface area (Å²) in [5.41, 5.74) is 3.46. The molecule has 108 valence electrons. The van der Waals surface area contributed by atoms with E-state index < -0.39 is 16.1 Å². The van der Waals surface area contributed by atoms with Gasteiger partial charge in [0.1, 0.15) is 6.17 Å². The van der Waals surface area contributed by atoms with Crippen LogP contribution in [0.2, 0.25) is 5.02 Å². The van der Waals surface area contributed by atoms with Gasteiger partial charge in [0.05, 0.1) is 0 Å². The minimum absolute atomic E-state index is 0.418. The van der Waals surface area contributed by atoms with E-state index in [4.69, 9.17) is 58.6 Å². The van der Waals surface area contributed by atoms with Crippen LogP contribution in [0, 0.1) is 0 Å². The Morgan fingerprint density at radius 2 is 1.90 bits per heavy atom. The smallest absolute Gasteiger partial charge is 0.275 e. The van der Waals surface area contributed by atoms with Gasteiger partial charge in [0.15, 0.2) is 0 Å². The number of alkyl halides is 3. The lowest BCUT2D eigenvalue weighted by molar-refractivity contribution is 0.199. The van der Waals surface area contributed by atoms with Crippen LogP contribution in [0.1, 0.15) is 6.42 Å². The molecule has 1 atom stereocenters. The fourth-order valence-corrected chi connectivity index (χ4v) is 2.50. The van der Waals surface area contributed by atoms with Gasteiger partial charge in [-0.25, -0.2) is 15.2 Å². The Hall–Kier alpha value is -0.300. The van der Waals surface area contributed by atoms with Crippen LogP contribution in [-0.2, 0) is 0 Å². The maximum atomic E-state index is 12.4. The van der Waals surface area contributed by atoms with Crippen LogP contribution in [0.3, 0.4) is 0 Å². The molecule has 2 rings (SSSR count). The monoisotopic (exact) mass is 371 g/mol. The average molecular weight is 373 g/mol. The molecule has 1 fully saturated rings. The van der Waals surface area contributed by atoms with Gasteiger partial charge in [-0.2, -0.15) is 0 Å². The molecule has 0 radical (unpaired) electrons. The highest BCUT2D eigenvalue weighted by molar-refractivity contribution is 7.78. The molecule has 1 N–H and O–H groups in total. The minimum atomic E-state index is -1.89. The molecule has 1 saturated heterocycles. The van der Waals surface area contributed by atoms with Gasteiger partial charge in [-0.05, 0) is 29.6 Å². The summed E-state index contributed by atoms with van der Waals surface area (Å²) in [5, 5.41) is 3.02. The molecule has 1 heterocycles. The van der Waals surface area contributed by atoms with Crippen molar-refractivity contribution < 1.29 is 4.79 Å². The lowest BCUT2D eigenvalue weighted by Crippen LogP contribution is -2.45. The number of rotatable bonds is 3. The molecule has 1 aromatic rings. The summed E-state index contributed by atoms with van der Waals surface area (Å²) in [4.78, 5) is 13.8. The van der Waals surface area contributed by atoms with Gasteiger partial charge in [0.2, 0.25) is 0 Å².